The fourth-order valence-electron chi connectivity index (χ4n) is 1.31. The zero-order valence-electron chi connectivity index (χ0n) is 7.12. The highest BCUT2D eigenvalue weighted by atomic mass is 15.5. The van der Waals surface area contributed by atoms with E-state index in [1.54, 1.807) is 0 Å². The van der Waals surface area contributed by atoms with E-state index in [9.17, 15) is 0 Å². The monoisotopic (exact) mass is 186 g/mol. The molecule has 14 heavy (non-hydrogen) atoms. The minimum absolute atomic E-state index is 0.508. The molecule has 0 amide bonds. The van der Waals surface area contributed by atoms with E-state index in [2.05, 4.69) is 25.6 Å². The summed E-state index contributed by atoms with van der Waals surface area (Å²) in [5.74, 6) is 0.508. The summed E-state index contributed by atoms with van der Waals surface area (Å²) in [6.07, 6.45) is 3.78. The van der Waals surface area contributed by atoms with Crippen LogP contribution < -0.4 is 0 Å². The molecule has 0 radical (unpaired) electrons. The fourth-order valence-corrected chi connectivity index (χ4v) is 1.31. The molecule has 0 spiro atoms. The molecular formula is C8H6N6. The van der Waals surface area contributed by atoms with Gasteiger partial charge in [0.15, 0.2) is 0 Å². The molecule has 3 aromatic heterocycles. The lowest BCUT2D eigenvalue weighted by Crippen LogP contribution is -1.79. The number of hydrogen-bond donors (Lipinski definition) is 1. The van der Waals surface area contributed by atoms with Crippen LogP contribution >= 0.6 is 0 Å². The number of tetrazole rings is 1. The zero-order valence-corrected chi connectivity index (χ0v) is 7.12. The van der Waals surface area contributed by atoms with Crippen molar-refractivity contribution in [2.75, 3.05) is 0 Å². The van der Waals surface area contributed by atoms with E-state index in [1.807, 2.05) is 35.0 Å². The maximum Gasteiger partial charge on any atom is 0.224 e. The van der Waals surface area contributed by atoms with Crippen molar-refractivity contribution in [1.82, 2.24) is 30.0 Å². The summed E-state index contributed by atoms with van der Waals surface area (Å²) in [6.45, 7) is 0. The number of aromatic nitrogens is 6. The van der Waals surface area contributed by atoms with Gasteiger partial charge < -0.3 is 4.40 Å². The predicted molar refractivity (Wildman–Crippen MR) is 48.4 cm³/mol. The van der Waals surface area contributed by atoms with E-state index in [-0.39, 0.29) is 0 Å². The number of pyridine rings is 1. The Labute approximate surface area is 78.6 Å². The molecule has 0 aliphatic rings. The third-order valence-electron chi connectivity index (χ3n) is 1.94. The molecule has 68 valence electrons. The molecule has 0 aliphatic carbocycles. The highest BCUT2D eigenvalue weighted by Gasteiger charge is 2.06. The second kappa shape index (κ2) is 2.63. The molecule has 0 atom stereocenters. The van der Waals surface area contributed by atoms with Crippen LogP contribution in [-0.4, -0.2) is 30.0 Å². The van der Waals surface area contributed by atoms with Crippen molar-refractivity contribution in [2.24, 2.45) is 0 Å². The lowest BCUT2D eigenvalue weighted by molar-refractivity contribution is 0.881. The lowest BCUT2D eigenvalue weighted by atomic mass is 10.5. The van der Waals surface area contributed by atoms with E-state index >= 15 is 0 Å². The number of rotatable bonds is 1. The molecule has 0 saturated carbocycles. The van der Waals surface area contributed by atoms with Crippen LogP contribution in [0.5, 0.6) is 0 Å². The third kappa shape index (κ3) is 0.972. The normalized spacial score (nSPS) is 10.9. The molecule has 0 fully saturated rings. The van der Waals surface area contributed by atoms with Gasteiger partial charge in [0, 0.05) is 12.4 Å². The molecular weight excluding hydrogens is 180 g/mol. The van der Waals surface area contributed by atoms with Crippen LogP contribution in [0, 0.1) is 0 Å². The van der Waals surface area contributed by atoms with Gasteiger partial charge in [-0.05, 0) is 17.3 Å². The molecule has 6 nitrogen and oxygen atoms in total. The molecule has 1 N–H and O–H groups in total. The number of nitrogens with zero attached hydrogens (tertiary/aromatic N) is 5. The highest BCUT2D eigenvalue weighted by Crippen LogP contribution is 2.12. The number of nitrogens with one attached hydrogen (secondary N) is 1. The van der Waals surface area contributed by atoms with Crippen molar-refractivity contribution in [3.05, 3.63) is 30.6 Å². The molecule has 0 aliphatic heterocycles. The minimum atomic E-state index is 0.508. The van der Waals surface area contributed by atoms with Crippen LogP contribution in [0.3, 0.4) is 0 Å². The molecule has 0 saturated heterocycles. The Kier molecular flexibility index (Phi) is 1.35. The summed E-state index contributed by atoms with van der Waals surface area (Å²) in [5, 5.41) is 13.6. The lowest BCUT2D eigenvalue weighted by Gasteiger charge is -1.86. The number of imidazole rings is 1. The maximum absolute atomic E-state index is 4.33. The smallest absolute Gasteiger partial charge is 0.224 e. The van der Waals surface area contributed by atoms with E-state index in [1.165, 1.54) is 0 Å². The van der Waals surface area contributed by atoms with Crippen molar-refractivity contribution in [2.45, 2.75) is 0 Å². The molecule has 3 heterocycles. The Morgan fingerprint density at radius 2 is 2.29 bits per heavy atom. The largest absolute Gasteiger partial charge is 0.306 e. The molecule has 0 bridgehead atoms. The Morgan fingerprint density at radius 1 is 1.29 bits per heavy atom. The number of hydrogen-bond acceptors (Lipinski definition) is 4. The zero-order chi connectivity index (χ0) is 9.38. The maximum atomic E-state index is 4.33. The first-order chi connectivity index (χ1) is 6.93. The second-order valence-electron chi connectivity index (χ2n) is 2.83. The van der Waals surface area contributed by atoms with Crippen molar-refractivity contribution in [3.63, 3.8) is 0 Å². The standard InChI is InChI=1S/C8H6N6/c1-2-4-14-5-6(9-7(14)3-1)8-10-12-13-11-8/h1-5H,(H,10,11,12,13). The van der Waals surface area contributed by atoms with Crippen LogP contribution in [0.4, 0.5) is 0 Å². The third-order valence-corrected chi connectivity index (χ3v) is 1.94. The van der Waals surface area contributed by atoms with Gasteiger partial charge in [-0.1, -0.05) is 6.07 Å². The van der Waals surface area contributed by atoms with E-state index in [0.717, 1.165) is 5.65 Å². The van der Waals surface area contributed by atoms with Crippen molar-refractivity contribution in [1.29, 1.82) is 0 Å². The Bertz CT molecular complexity index is 519. The summed E-state index contributed by atoms with van der Waals surface area (Å²) in [6, 6.07) is 5.79. The van der Waals surface area contributed by atoms with E-state index < -0.39 is 0 Å². The van der Waals surface area contributed by atoms with Gasteiger partial charge in [-0.3, -0.25) is 0 Å². The van der Waals surface area contributed by atoms with E-state index in [0.29, 0.717) is 11.5 Å². The van der Waals surface area contributed by atoms with Gasteiger partial charge >= 0.3 is 0 Å². The minimum Gasteiger partial charge on any atom is -0.306 e. The molecule has 0 unspecified atom stereocenters. The summed E-state index contributed by atoms with van der Waals surface area (Å²) in [7, 11) is 0. The number of fused-ring (bicyclic) bond motifs is 1. The summed E-state index contributed by atoms with van der Waals surface area (Å²) < 4.78 is 1.91. The van der Waals surface area contributed by atoms with Gasteiger partial charge in [0.05, 0.1) is 0 Å². The first-order valence-electron chi connectivity index (χ1n) is 4.11. The fraction of sp³-hybridized carbons (Fsp3) is 0. The van der Waals surface area contributed by atoms with Gasteiger partial charge in [0.2, 0.25) is 5.82 Å². The highest BCUT2D eigenvalue weighted by molar-refractivity contribution is 5.54. The van der Waals surface area contributed by atoms with Crippen LogP contribution in [0.1, 0.15) is 0 Å². The quantitative estimate of drug-likeness (QED) is 0.601. The summed E-state index contributed by atoms with van der Waals surface area (Å²) in [5.41, 5.74) is 1.58. The van der Waals surface area contributed by atoms with Crippen molar-refractivity contribution in [3.8, 4) is 11.5 Å². The predicted octanol–water partition coefficient (Wildman–Crippen LogP) is 0.514. The Balaban J connectivity index is 2.24. The van der Waals surface area contributed by atoms with Crippen LogP contribution in [0.2, 0.25) is 0 Å². The number of aromatic amines is 1. The van der Waals surface area contributed by atoms with Crippen molar-refractivity contribution >= 4 is 5.65 Å². The molecule has 6 heteroatoms. The van der Waals surface area contributed by atoms with Crippen LogP contribution in [0.15, 0.2) is 30.6 Å². The Hall–Kier alpha value is -2.24. The van der Waals surface area contributed by atoms with Gasteiger partial charge in [0.1, 0.15) is 11.3 Å². The topological polar surface area (TPSA) is 71.8 Å². The summed E-state index contributed by atoms with van der Waals surface area (Å²) in [4.78, 5) is 4.33. The number of H-pyrrole nitrogens is 1. The van der Waals surface area contributed by atoms with Crippen molar-refractivity contribution < 1.29 is 0 Å². The average molecular weight is 186 g/mol. The van der Waals surface area contributed by atoms with Gasteiger partial charge in [-0.2, -0.15) is 5.21 Å². The molecule has 0 aromatic carbocycles. The van der Waals surface area contributed by atoms with Crippen LogP contribution in [0.25, 0.3) is 17.2 Å². The van der Waals surface area contributed by atoms with Gasteiger partial charge in [-0.25, -0.2) is 4.98 Å². The molecule has 3 aromatic rings. The Morgan fingerprint density at radius 3 is 3.07 bits per heavy atom. The first-order valence-corrected chi connectivity index (χ1v) is 4.11. The van der Waals surface area contributed by atoms with Gasteiger partial charge in [0.25, 0.3) is 0 Å². The average Bonchev–Trinajstić information content (AvgIpc) is 2.86. The summed E-state index contributed by atoms with van der Waals surface area (Å²) >= 11 is 0. The van der Waals surface area contributed by atoms with E-state index in [4.69, 9.17) is 0 Å². The SMILES string of the molecule is c1ccn2cc(-c3nn[nH]n3)nc2c1. The first kappa shape index (κ1) is 7.19. The molecule has 3 rings (SSSR count). The van der Waals surface area contributed by atoms with Gasteiger partial charge in [-0.15, -0.1) is 10.2 Å². The van der Waals surface area contributed by atoms with Crippen LogP contribution in [-0.2, 0) is 0 Å². The second-order valence-corrected chi connectivity index (χ2v) is 2.83.